The lowest BCUT2D eigenvalue weighted by molar-refractivity contribution is -0.226. The second kappa shape index (κ2) is 6.84. The fourth-order valence-electron chi connectivity index (χ4n) is 4.09. The van der Waals surface area contributed by atoms with Crippen LogP contribution in [-0.4, -0.2) is 12.3 Å². The van der Waals surface area contributed by atoms with Gasteiger partial charge >= 0.3 is 6.18 Å². The zero-order valence-electron chi connectivity index (χ0n) is 13.7. The minimum atomic E-state index is -4.27. The van der Waals surface area contributed by atoms with Crippen LogP contribution in [-0.2, 0) is 17.8 Å². The third kappa shape index (κ3) is 3.90. The van der Waals surface area contributed by atoms with Crippen LogP contribution in [0.4, 0.5) is 13.2 Å². The number of alkyl halides is 3. The lowest BCUT2D eigenvalue weighted by Crippen LogP contribution is -2.36. The van der Waals surface area contributed by atoms with E-state index in [0.29, 0.717) is 5.92 Å². The summed E-state index contributed by atoms with van der Waals surface area (Å²) in [5.41, 5.74) is 3.02. The average molecular weight is 326 g/mol. The van der Waals surface area contributed by atoms with E-state index in [-0.39, 0.29) is 13.0 Å². The maximum absolute atomic E-state index is 12.8. The van der Waals surface area contributed by atoms with E-state index in [9.17, 15) is 13.2 Å². The topological polar surface area (TPSA) is 9.23 Å². The molecule has 2 aliphatic rings. The number of halogens is 3. The number of rotatable bonds is 3. The normalized spacial score (nSPS) is 28.4. The molecular formula is C19H25F3O. The van der Waals surface area contributed by atoms with Crippen molar-refractivity contribution in [2.24, 2.45) is 5.92 Å². The maximum atomic E-state index is 12.8. The van der Waals surface area contributed by atoms with Crippen LogP contribution < -0.4 is 0 Å². The van der Waals surface area contributed by atoms with E-state index in [1.165, 1.54) is 44.1 Å². The predicted octanol–water partition coefficient (Wildman–Crippen LogP) is 5.76. The Balaban J connectivity index is 1.66. The molecule has 0 saturated heterocycles. The molecule has 0 radical (unpaired) electrons. The van der Waals surface area contributed by atoms with Crippen LogP contribution in [0.25, 0.3) is 0 Å². The van der Waals surface area contributed by atoms with Gasteiger partial charge in [-0.2, -0.15) is 13.2 Å². The molecule has 1 aliphatic heterocycles. The molecule has 0 spiro atoms. The molecule has 1 fully saturated rings. The van der Waals surface area contributed by atoms with Crippen LogP contribution in [0, 0.1) is 5.92 Å². The third-order valence-corrected chi connectivity index (χ3v) is 5.46. The van der Waals surface area contributed by atoms with Crippen LogP contribution in [0.3, 0.4) is 0 Å². The number of fused-ring (bicyclic) bond motifs is 1. The monoisotopic (exact) mass is 326 g/mol. The molecule has 128 valence electrons. The van der Waals surface area contributed by atoms with Crippen molar-refractivity contribution >= 4 is 0 Å². The molecule has 0 amide bonds. The lowest BCUT2D eigenvalue weighted by atomic mass is 9.76. The van der Waals surface area contributed by atoms with E-state index in [1.54, 1.807) is 0 Å². The fourth-order valence-corrected chi connectivity index (χ4v) is 4.09. The number of ether oxygens (including phenoxy) is 1. The van der Waals surface area contributed by atoms with Gasteiger partial charge in [-0.25, -0.2) is 0 Å². The number of hydrogen-bond donors (Lipinski definition) is 0. The quantitative estimate of drug-likeness (QED) is 0.686. The van der Waals surface area contributed by atoms with Crippen molar-refractivity contribution in [1.29, 1.82) is 0 Å². The maximum Gasteiger partial charge on any atom is 0.414 e. The Kier molecular flexibility index (Phi) is 5.00. The third-order valence-electron chi connectivity index (χ3n) is 5.46. The number of hydrogen-bond acceptors (Lipinski definition) is 1. The van der Waals surface area contributed by atoms with Crippen molar-refractivity contribution in [1.82, 2.24) is 0 Å². The summed E-state index contributed by atoms with van der Waals surface area (Å²) in [4.78, 5) is 0. The standard InChI is InChI=1S/C19H25F3O/c1-2-3-13-4-6-14(7-5-13)15-8-9-16-11-18(19(20,21)22)23-12-17(16)10-15/h8-10,13-14,18H,2-7,11-12H2,1H3. The van der Waals surface area contributed by atoms with Gasteiger partial charge < -0.3 is 4.74 Å². The van der Waals surface area contributed by atoms with Gasteiger partial charge in [0.05, 0.1) is 6.61 Å². The van der Waals surface area contributed by atoms with Gasteiger partial charge in [0.25, 0.3) is 0 Å². The highest BCUT2D eigenvalue weighted by Crippen LogP contribution is 2.39. The largest absolute Gasteiger partial charge is 0.414 e. The zero-order chi connectivity index (χ0) is 16.4. The SMILES string of the molecule is CCCC1CCC(c2ccc3c(c2)COC(C(F)(F)F)C3)CC1. The minimum Gasteiger partial charge on any atom is -0.364 e. The Morgan fingerprint density at radius 3 is 2.48 bits per heavy atom. The fraction of sp³-hybridized carbons (Fsp3) is 0.684. The number of benzene rings is 1. The van der Waals surface area contributed by atoms with Crippen molar-refractivity contribution < 1.29 is 17.9 Å². The smallest absolute Gasteiger partial charge is 0.364 e. The molecule has 1 heterocycles. The summed E-state index contributed by atoms with van der Waals surface area (Å²) in [5, 5.41) is 0. The van der Waals surface area contributed by atoms with Crippen LogP contribution >= 0.6 is 0 Å². The Morgan fingerprint density at radius 2 is 1.83 bits per heavy atom. The van der Waals surface area contributed by atoms with Crippen LogP contribution in [0.15, 0.2) is 18.2 Å². The highest BCUT2D eigenvalue weighted by Gasteiger charge is 2.42. The molecule has 0 N–H and O–H groups in total. The van der Waals surface area contributed by atoms with Crippen molar-refractivity contribution in [3.05, 3.63) is 34.9 Å². The Labute approximate surface area is 136 Å². The molecule has 1 atom stereocenters. The molecule has 1 saturated carbocycles. The van der Waals surface area contributed by atoms with Gasteiger partial charge in [-0.3, -0.25) is 0 Å². The summed E-state index contributed by atoms with van der Waals surface area (Å²) in [6.45, 7) is 2.32. The molecule has 23 heavy (non-hydrogen) atoms. The zero-order valence-corrected chi connectivity index (χ0v) is 13.7. The van der Waals surface area contributed by atoms with Crippen molar-refractivity contribution in [3.63, 3.8) is 0 Å². The summed E-state index contributed by atoms with van der Waals surface area (Å²) in [6, 6.07) is 6.03. The van der Waals surface area contributed by atoms with E-state index in [1.807, 2.05) is 12.1 Å². The first-order valence-corrected chi connectivity index (χ1v) is 8.77. The van der Waals surface area contributed by atoms with E-state index in [0.717, 1.165) is 17.0 Å². The molecule has 1 aromatic rings. The molecule has 1 aromatic carbocycles. The van der Waals surface area contributed by atoms with Gasteiger partial charge in [-0.1, -0.05) is 38.0 Å². The van der Waals surface area contributed by atoms with E-state index >= 15 is 0 Å². The molecule has 4 heteroatoms. The highest BCUT2D eigenvalue weighted by atomic mass is 19.4. The highest BCUT2D eigenvalue weighted by molar-refractivity contribution is 5.35. The molecular weight excluding hydrogens is 301 g/mol. The first-order chi connectivity index (χ1) is 11.0. The van der Waals surface area contributed by atoms with E-state index < -0.39 is 12.3 Å². The van der Waals surface area contributed by atoms with E-state index in [4.69, 9.17) is 4.74 Å². The Morgan fingerprint density at radius 1 is 1.09 bits per heavy atom. The molecule has 3 rings (SSSR count). The lowest BCUT2D eigenvalue weighted by Gasteiger charge is -2.31. The van der Waals surface area contributed by atoms with Gasteiger partial charge in [-0.15, -0.1) is 0 Å². The summed E-state index contributed by atoms with van der Waals surface area (Å²) in [7, 11) is 0. The summed E-state index contributed by atoms with van der Waals surface area (Å²) < 4.78 is 43.4. The Bertz CT molecular complexity index is 530. The van der Waals surface area contributed by atoms with Crippen molar-refractivity contribution in [2.45, 2.75) is 76.7 Å². The van der Waals surface area contributed by atoms with Crippen LogP contribution in [0.1, 0.15) is 68.1 Å². The molecule has 0 aromatic heterocycles. The van der Waals surface area contributed by atoms with Gasteiger partial charge in [0, 0.05) is 6.42 Å². The van der Waals surface area contributed by atoms with Crippen LogP contribution in [0.2, 0.25) is 0 Å². The predicted molar refractivity (Wildman–Crippen MR) is 84.4 cm³/mol. The molecule has 1 aliphatic carbocycles. The summed E-state index contributed by atoms with van der Waals surface area (Å²) in [6.07, 6.45) is 1.58. The first kappa shape index (κ1) is 16.8. The van der Waals surface area contributed by atoms with Gasteiger partial charge in [0.2, 0.25) is 0 Å². The Hall–Kier alpha value is -1.03. The summed E-state index contributed by atoms with van der Waals surface area (Å²) in [5.74, 6) is 1.43. The van der Waals surface area contributed by atoms with Crippen molar-refractivity contribution in [2.75, 3.05) is 0 Å². The van der Waals surface area contributed by atoms with Gasteiger partial charge in [-0.05, 0) is 54.2 Å². The average Bonchev–Trinajstić information content (AvgIpc) is 2.54. The minimum absolute atomic E-state index is 0.0532. The first-order valence-electron chi connectivity index (χ1n) is 8.77. The van der Waals surface area contributed by atoms with Crippen LogP contribution in [0.5, 0.6) is 0 Å². The van der Waals surface area contributed by atoms with Crippen molar-refractivity contribution in [3.8, 4) is 0 Å². The molecule has 0 bridgehead atoms. The second-order valence-corrected chi connectivity index (χ2v) is 7.08. The molecule has 1 unspecified atom stereocenters. The molecule has 1 nitrogen and oxygen atoms in total. The van der Waals surface area contributed by atoms with Gasteiger partial charge in [0.15, 0.2) is 6.10 Å². The summed E-state index contributed by atoms with van der Waals surface area (Å²) >= 11 is 0. The second-order valence-electron chi connectivity index (χ2n) is 7.08. The van der Waals surface area contributed by atoms with E-state index in [2.05, 4.69) is 13.0 Å². The van der Waals surface area contributed by atoms with Gasteiger partial charge in [0.1, 0.15) is 0 Å².